The van der Waals surface area contributed by atoms with Crippen molar-refractivity contribution in [2.45, 2.75) is 38.1 Å². The van der Waals surface area contributed by atoms with E-state index in [2.05, 4.69) is 20.4 Å². The summed E-state index contributed by atoms with van der Waals surface area (Å²) in [4.78, 5) is 21.2. The molecule has 2 aliphatic rings. The van der Waals surface area contributed by atoms with Crippen LogP contribution in [0.3, 0.4) is 0 Å². The van der Waals surface area contributed by atoms with Crippen molar-refractivity contribution in [3.05, 3.63) is 29.3 Å². The van der Waals surface area contributed by atoms with Crippen LogP contribution < -0.4 is 10.1 Å². The molecule has 1 amide bonds. The third kappa shape index (κ3) is 2.66. The first kappa shape index (κ1) is 16.0. The molecule has 2 N–H and O–H groups in total. The lowest BCUT2D eigenvalue weighted by Crippen LogP contribution is -2.46. The molecule has 2 aromatic rings. The maximum Gasteiger partial charge on any atom is 0.272 e. The van der Waals surface area contributed by atoms with E-state index in [-0.39, 0.29) is 12.5 Å². The quantitative estimate of drug-likeness (QED) is 0.834. The van der Waals surface area contributed by atoms with Gasteiger partial charge in [-0.15, -0.1) is 0 Å². The normalized spacial score (nSPS) is 20.8. The summed E-state index contributed by atoms with van der Waals surface area (Å²) in [5.74, 6) is 1.78. The molecule has 0 unspecified atom stereocenters. The van der Waals surface area contributed by atoms with Gasteiger partial charge in [0.2, 0.25) is 5.88 Å². The molecule has 4 rings (SSSR count). The maximum atomic E-state index is 12.7. The van der Waals surface area contributed by atoms with E-state index in [1.807, 2.05) is 0 Å². The lowest BCUT2D eigenvalue weighted by Gasteiger charge is -2.23. The number of hydrogen-bond acceptors (Lipinski definition) is 6. The summed E-state index contributed by atoms with van der Waals surface area (Å²) in [5.41, 5.74) is 1.78. The van der Waals surface area contributed by atoms with Crippen molar-refractivity contribution in [2.75, 3.05) is 13.7 Å². The monoisotopic (exact) mass is 343 g/mol. The Hall–Kier alpha value is -2.48. The van der Waals surface area contributed by atoms with Crippen LogP contribution in [-0.4, -0.2) is 50.0 Å². The van der Waals surface area contributed by atoms with E-state index in [4.69, 9.17) is 4.74 Å². The molecule has 0 saturated heterocycles. The number of aliphatic hydroxyl groups excluding tert-OH is 1. The molecule has 0 aromatic carbocycles. The van der Waals surface area contributed by atoms with Gasteiger partial charge in [-0.2, -0.15) is 5.10 Å². The highest BCUT2D eigenvalue weighted by molar-refractivity contribution is 5.95. The van der Waals surface area contributed by atoms with Gasteiger partial charge in [-0.25, -0.2) is 14.6 Å². The maximum absolute atomic E-state index is 12.7. The van der Waals surface area contributed by atoms with Gasteiger partial charge in [0.1, 0.15) is 0 Å². The van der Waals surface area contributed by atoms with Crippen molar-refractivity contribution in [1.82, 2.24) is 25.1 Å². The number of amides is 1. The molecule has 25 heavy (non-hydrogen) atoms. The lowest BCUT2D eigenvalue weighted by atomic mass is 10.1. The van der Waals surface area contributed by atoms with Crippen LogP contribution in [0, 0.1) is 5.92 Å². The van der Waals surface area contributed by atoms with Crippen LogP contribution in [0.25, 0.3) is 5.82 Å². The van der Waals surface area contributed by atoms with Gasteiger partial charge in [-0.05, 0) is 32.6 Å². The molecular formula is C17H21N5O3. The average molecular weight is 343 g/mol. The molecule has 0 spiro atoms. The minimum atomic E-state index is -0.699. The Morgan fingerprint density at radius 2 is 2.24 bits per heavy atom. The summed E-state index contributed by atoms with van der Waals surface area (Å²) >= 11 is 0. The van der Waals surface area contributed by atoms with Crippen molar-refractivity contribution in [3.63, 3.8) is 0 Å². The fourth-order valence-electron chi connectivity index (χ4n) is 3.40. The molecule has 2 aromatic heterocycles. The molecule has 8 nitrogen and oxygen atoms in total. The molecule has 132 valence electrons. The van der Waals surface area contributed by atoms with Crippen LogP contribution >= 0.6 is 0 Å². The number of carbonyl (C=O) groups is 1. The Balaban J connectivity index is 1.73. The number of ether oxygens (including phenoxy) is 1. The largest absolute Gasteiger partial charge is 0.480 e. The van der Waals surface area contributed by atoms with Crippen LogP contribution in [0.4, 0.5) is 0 Å². The second-order valence-electron chi connectivity index (χ2n) is 7.34. The third-order valence-corrected chi connectivity index (χ3v) is 4.87. The van der Waals surface area contributed by atoms with E-state index in [0.717, 1.165) is 24.1 Å². The molecule has 2 atom stereocenters. The van der Waals surface area contributed by atoms with E-state index in [1.54, 1.807) is 24.7 Å². The van der Waals surface area contributed by atoms with Crippen molar-refractivity contribution in [1.29, 1.82) is 0 Å². The van der Waals surface area contributed by atoms with Crippen LogP contribution in [0.1, 0.15) is 47.9 Å². The number of nitrogens with zero attached hydrogens (tertiary/aromatic N) is 4. The zero-order valence-electron chi connectivity index (χ0n) is 14.5. The standard InChI is InChI=1S/C17H21N5O3/c1-17(2,8-23)20-16(24)14-11-5-9-4-10(9)15(11)22(21-14)12-6-19-13(25-3)7-18-12/h6-7,9-10,23H,4-5,8H2,1-3H3,(H,20,24)/t9-,10-/m1/s1. The van der Waals surface area contributed by atoms with E-state index >= 15 is 0 Å². The fraction of sp³-hybridized carbons (Fsp3) is 0.529. The highest BCUT2D eigenvalue weighted by Crippen LogP contribution is 2.57. The second kappa shape index (κ2) is 5.52. The van der Waals surface area contributed by atoms with Crippen LogP contribution in [0.2, 0.25) is 0 Å². The highest BCUT2D eigenvalue weighted by atomic mass is 16.5. The molecule has 0 radical (unpaired) electrons. The van der Waals surface area contributed by atoms with Gasteiger partial charge in [0.15, 0.2) is 11.5 Å². The number of nitrogens with one attached hydrogen (secondary N) is 1. The first-order valence-electron chi connectivity index (χ1n) is 8.35. The van der Waals surface area contributed by atoms with Gasteiger partial charge >= 0.3 is 0 Å². The first-order valence-corrected chi connectivity index (χ1v) is 8.35. The topological polar surface area (TPSA) is 102 Å². The summed E-state index contributed by atoms with van der Waals surface area (Å²) in [6, 6.07) is 0. The summed E-state index contributed by atoms with van der Waals surface area (Å²) in [7, 11) is 1.54. The average Bonchev–Trinajstić information content (AvgIpc) is 3.10. The number of fused-ring (bicyclic) bond motifs is 3. The number of rotatable bonds is 5. The zero-order valence-corrected chi connectivity index (χ0v) is 14.5. The van der Waals surface area contributed by atoms with Gasteiger partial charge in [-0.3, -0.25) is 4.79 Å². The van der Waals surface area contributed by atoms with Crippen LogP contribution in [0.5, 0.6) is 5.88 Å². The van der Waals surface area contributed by atoms with Gasteiger partial charge < -0.3 is 15.2 Å². The number of methoxy groups -OCH3 is 1. The van der Waals surface area contributed by atoms with Crippen molar-refractivity contribution in [2.24, 2.45) is 5.92 Å². The number of carbonyl (C=O) groups excluding carboxylic acids is 1. The van der Waals surface area contributed by atoms with E-state index in [9.17, 15) is 9.90 Å². The molecule has 0 bridgehead atoms. The minimum absolute atomic E-state index is 0.142. The number of aromatic nitrogens is 4. The predicted molar refractivity (Wildman–Crippen MR) is 88.9 cm³/mol. The van der Waals surface area contributed by atoms with Crippen molar-refractivity contribution in [3.8, 4) is 11.7 Å². The third-order valence-electron chi connectivity index (χ3n) is 4.87. The van der Waals surface area contributed by atoms with Crippen LogP contribution in [-0.2, 0) is 6.42 Å². The number of aliphatic hydroxyl groups is 1. The molecule has 1 fully saturated rings. The van der Waals surface area contributed by atoms with Crippen LogP contribution in [0.15, 0.2) is 12.4 Å². The Bertz CT molecular complexity index is 828. The van der Waals surface area contributed by atoms with E-state index in [0.29, 0.717) is 29.2 Å². The first-order chi connectivity index (χ1) is 11.9. The van der Waals surface area contributed by atoms with Gasteiger partial charge in [0, 0.05) is 11.5 Å². The molecule has 8 heteroatoms. The van der Waals surface area contributed by atoms with Gasteiger partial charge in [-0.1, -0.05) is 0 Å². The Morgan fingerprint density at radius 1 is 1.44 bits per heavy atom. The second-order valence-corrected chi connectivity index (χ2v) is 7.34. The van der Waals surface area contributed by atoms with E-state index in [1.165, 1.54) is 13.3 Å². The molecular weight excluding hydrogens is 322 g/mol. The zero-order chi connectivity index (χ0) is 17.8. The minimum Gasteiger partial charge on any atom is -0.480 e. The summed E-state index contributed by atoms with van der Waals surface area (Å²) < 4.78 is 6.78. The summed E-state index contributed by atoms with van der Waals surface area (Å²) in [6.45, 7) is 3.40. The molecule has 2 heterocycles. The van der Waals surface area contributed by atoms with Gasteiger partial charge in [0.05, 0.1) is 37.3 Å². The molecule has 2 aliphatic carbocycles. The Kier molecular flexibility index (Phi) is 3.54. The van der Waals surface area contributed by atoms with E-state index < -0.39 is 5.54 Å². The smallest absolute Gasteiger partial charge is 0.272 e. The SMILES string of the molecule is COc1cnc(-n2nc(C(=O)NC(C)(C)CO)c3c2[C@@H]2C[C@@H]2C3)cn1. The Labute approximate surface area is 145 Å². The lowest BCUT2D eigenvalue weighted by molar-refractivity contribution is 0.0863. The Morgan fingerprint density at radius 3 is 2.88 bits per heavy atom. The summed E-state index contributed by atoms with van der Waals surface area (Å²) in [6.07, 6.45) is 5.13. The molecule has 0 aliphatic heterocycles. The van der Waals surface area contributed by atoms with Crippen molar-refractivity contribution >= 4 is 5.91 Å². The number of hydrogen-bond donors (Lipinski definition) is 2. The highest BCUT2D eigenvalue weighted by Gasteiger charge is 2.50. The summed E-state index contributed by atoms with van der Waals surface area (Å²) in [5, 5.41) is 16.8. The van der Waals surface area contributed by atoms with Gasteiger partial charge in [0.25, 0.3) is 5.91 Å². The fourth-order valence-corrected chi connectivity index (χ4v) is 3.40. The molecule has 1 saturated carbocycles. The van der Waals surface area contributed by atoms with Crippen molar-refractivity contribution < 1.29 is 14.6 Å². The predicted octanol–water partition coefficient (Wildman–Crippen LogP) is 0.831.